The van der Waals surface area contributed by atoms with Crippen molar-refractivity contribution in [2.75, 3.05) is 25.1 Å². The first-order valence-corrected chi connectivity index (χ1v) is 10.7. The minimum Gasteiger partial charge on any atom is -0.357 e. The predicted molar refractivity (Wildman–Crippen MR) is 104 cm³/mol. The van der Waals surface area contributed by atoms with Gasteiger partial charge in [0.1, 0.15) is 16.4 Å². The van der Waals surface area contributed by atoms with Gasteiger partial charge in [-0.05, 0) is 30.9 Å². The van der Waals surface area contributed by atoms with Gasteiger partial charge in [-0.2, -0.15) is 0 Å². The molecule has 2 heterocycles. The summed E-state index contributed by atoms with van der Waals surface area (Å²) in [5, 5.41) is 14.8. The van der Waals surface area contributed by atoms with Crippen LogP contribution in [0.5, 0.6) is 0 Å². The molecule has 0 spiro atoms. The molecule has 0 fully saturated rings. The number of guanidine groups is 1. The minimum absolute atomic E-state index is 0.166. The Labute approximate surface area is 155 Å². The molecule has 9 heteroatoms. The number of aliphatic imine (C=N–C) groups is 1. The second-order valence-electron chi connectivity index (χ2n) is 7.14. The van der Waals surface area contributed by atoms with Crippen molar-refractivity contribution < 1.29 is 8.42 Å². The van der Waals surface area contributed by atoms with Crippen molar-refractivity contribution >= 4 is 21.4 Å². The Bertz CT molecular complexity index is 857. The van der Waals surface area contributed by atoms with Gasteiger partial charge < -0.3 is 10.6 Å². The summed E-state index contributed by atoms with van der Waals surface area (Å²) < 4.78 is 24.7. The summed E-state index contributed by atoms with van der Waals surface area (Å²) in [6, 6.07) is 5.74. The highest BCUT2D eigenvalue weighted by atomic mass is 32.2. The highest BCUT2D eigenvalue weighted by molar-refractivity contribution is 7.90. The molecule has 0 aliphatic carbocycles. The number of rotatable bonds is 8. The van der Waals surface area contributed by atoms with E-state index in [4.69, 9.17) is 0 Å². The van der Waals surface area contributed by atoms with Crippen LogP contribution in [-0.4, -0.2) is 54.1 Å². The largest absolute Gasteiger partial charge is 0.357 e. The average molecular weight is 381 g/mol. The van der Waals surface area contributed by atoms with Crippen LogP contribution in [0, 0.1) is 5.41 Å². The molecule has 0 aliphatic rings. The summed E-state index contributed by atoms with van der Waals surface area (Å²) in [4.78, 5) is 4.57. The van der Waals surface area contributed by atoms with Crippen molar-refractivity contribution in [1.82, 2.24) is 25.2 Å². The minimum atomic E-state index is -2.96. The molecule has 2 aromatic rings. The second kappa shape index (κ2) is 8.48. The Kier molecular flexibility index (Phi) is 6.57. The topological polar surface area (TPSA) is 101 Å². The normalized spacial score (nSPS) is 13.2. The van der Waals surface area contributed by atoms with Crippen LogP contribution >= 0.6 is 0 Å². The van der Waals surface area contributed by atoms with Gasteiger partial charge in [0.05, 0.1) is 5.75 Å². The lowest BCUT2D eigenvalue weighted by molar-refractivity contribution is 0.348. The van der Waals surface area contributed by atoms with Gasteiger partial charge in [-0.25, -0.2) is 13.4 Å². The Morgan fingerprint density at radius 3 is 2.73 bits per heavy atom. The van der Waals surface area contributed by atoms with Crippen molar-refractivity contribution in [1.29, 1.82) is 0 Å². The number of nitrogens with zero attached hydrogens (tertiary/aromatic N) is 4. The van der Waals surface area contributed by atoms with Crippen LogP contribution in [0.25, 0.3) is 5.65 Å². The van der Waals surface area contributed by atoms with Crippen LogP contribution in [0.15, 0.2) is 29.4 Å². The van der Waals surface area contributed by atoms with Crippen LogP contribution in [0.4, 0.5) is 0 Å². The standard InChI is InChI=1S/C17H28N6O2S/c1-5-18-16(20-13-17(2,3)9-11-26(4,24)25)19-12-15-22-21-14-8-6-7-10-23(14)15/h6-8,10H,5,9,11-13H2,1-4H3,(H2,18,19,20). The van der Waals surface area contributed by atoms with E-state index in [9.17, 15) is 8.42 Å². The van der Waals surface area contributed by atoms with Crippen molar-refractivity contribution in [3.8, 4) is 0 Å². The zero-order valence-corrected chi connectivity index (χ0v) is 16.7. The predicted octanol–water partition coefficient (Wildman–Crippen LogP) is 1.25. The first kappa shape index (κ1) is 20.2. The van der Waals surface area contributed by atoms with Crippen LogP contribution < -0.4 is 10.6 Å². The maximum absolute atomic E-state index is 11.4. The molecule has 144 valence electrons. The first-order valence-electron chi connectivity index (χ1n) is 8.69. The molecule has 0 saturated heterocycles. The van der Waals surface area contributed by atoms with Crippen LogP contribution in [0.1, 0.15) is 33.0 Å². The molecule has 0 unspecified atom stereocenters. The van der Waals surface area contributed by atoms with Gasteiger partial charge in [-0.15, -0.1) is 10.2 Å². The molecule has 0 radical (unpaired) electrons. The third-order valence-corrected chi connectivity index (χ3v) is 4.94. The number of fused-ring (bicyclic) bond motifs is 1. The van der Waals surface area contributed by atoms with Crippen molar-refractivity contribution in [3.63, 3.8) is 0 Å². The average Bonchev–Trinajstić information content (AvgIpc) is 2.98. The summed E-state index contributed by atoms with van der Waals surface area (Å²) in [7, 11) is -2.96. The molecule has 2 N–H and O–H groups in total. The molecule has 0 aliphatic heterocycles. The number of hydrogen-bond acceptors (Lipinski definition) is 5. The van der Waals surface area contributed by atoms with Crippen molar-refractivity contribution in [3.05, 3.63) is 30.2 Å². The zero-order valence-electron chi connectivity index (χ0n) is 15.9. The highest BCUT2D eigenvalue weighted by Crippen LogP contribution is 2.19. The fraction of sp³-hybridized carbons (Fsp3) is 0.588. The van der Waals surface area contributed by atoms with Gasteiger partial charge in [0.2, 0.25) is 0 Å². The van der Waals surface area contributed by atoms with E-state index < -0.39 is 9.84 Å². The van der Waals surface area contributed by atoms with E-state index in [2.05, 4.69) is 25.8 Å². The van der Waals surface area contributed by atoms with E-state index in [-0.39, 0.29) is 11.2 Å². The van der Waals surface area contributed by atoms with E-state index in [0.29, 0.717) is 25.5 Å². The van der Waals surface area contributed by atoms with Gasteiger partial charge in [0.25, 0.3) is 0 Å². The van der Waals surface area contributed by atoms with Gasteiger partial charge in [-0.1, -0.05) is 19.9 Å². The maximum atomic E-state index is 11.4. The van der Waals surface area contributed by atoms with Crippen LogP contribution in [0.2, 0.25) is 0 Å². The summed E-state index contributed by atoms with van der Waals surface area (Å²) in [5.74, 6) is 1.61. The lowest BCUT2D eigenvalue weighted by Crippen LogP contribution is -2.42. The summed E-state index contributed by atoms with van der Waals surface area (Å²) >= 11 is 0. The van der Waals surface area contributed by atoms with Gasteiger partial charge >= 0.3 is 0 Å². The number of sulfone groups is 1. The Morgan fingerprint density at radius 2 is 2.04 bits per heavy atom. The monoisotopic (exact) mass is 380 g/mol. The molecular weight excluding hydrogens is 352 g/mol. The van der Waals surface area contributed by atoms with Crippen LogP contribution in [0.3, 0.4) is 0 Å². The van der Waals surface area contributed by atoms with Crippen LogP contribution in [-0.2, 0) is 16.4 Å². The molecule has 2 rings (SSSR count). The molecule has 0 aromatic carbocycles. The summed E-state index contributed by atoms with van der Waals surface area (Å²) in [6.07, 6.45) is 3.77. The van der Waals surface area contributed by atoms with E-state index in [1.165, 1.54) is 6.26 Å². The van der Waals surface area contributed by atoms with E-state index in [1.54, 1.807) is 0 Å². The highest BCUT2D eigenvalue weighted by Gasteiger charge is 2.20. The molecule has 0 bridgehead atoms. The summed E-state index contributed by atoms with van der Waals surface area (Å²) in [6.45, 7) is 7.83. The third-order valence-electron chi connectivity index (χ3n) is 3.99. The SMILES string of the molecule is CCNC(=NCc1nnc2ccccn12)NCC(C)(C)CCS(C)(=O)=O. The molecule has 0 saturated carbocycles. The van der Waals surface area contributed by atoms with Gasteiger partial charge in [0.15, 0.2) is 17.4 Å². The van der Waals surface area contributed by atoms with E-state index in [1.807, 2.05) is 49.6 Å². The zero-order chi connectivity index (χ0) is 19.2. The quantitative estimate of drug-likeness (QED) is 0.528. The van der Waals surface area contributed by atoms with E-state index >= 15 is 0 Å². The molecule has 0 amide bonds. The first-order chi connectivity index (χ1) is 12.2. The fourth-order valence-corrected chi connectivity index (χ4v) is 3.29. The smallest absolute Gasteiger partial charge is 0.191 e. The molecule has 0 atom stereocenters. The third kappa shape index (κ3) is 6.29. The second-order valence-corrected chi connectivity index (χ2v) is 9.40. The molecule has 26 heavy (non-hydrogen) atoms. The maximum Gasteiger partial charge on any atom is 0.191 e. The lowest BCUT2D eigenvalue weighted by atomic mass is 9.90. The number of nitrogens with one attached hydrogen (secondary N) is 2. The Balaban J connectivity index is 2.00. The molecule has 2 aromatic heterocycles. The van der Waals surface area contributed by atoms with E-state index in [0.717, 1.165) is 18.0 Å². The Hall–Kier alpha value is -2.16. The van der Waals surface area contributed by atoms with Gasteiger partial charge in [-0.3, -0.25) is 4.40 Å². The fourth-order valence-electron chi connectivity index (χ4n) is 2.36. The van der Waals surface area contributed by atoms with Crippen molar-refractivity contribution in [2.24, 2.45) is 10.4 Å². The lowest BCUT2D eigenvalue weighted by Gasteiger charge is -2.25. The number of pyridine rings is 1. The van der Waals surface area contributed by atoms with Gasteiger partial charge in [0, 0.05) is 25.5 Å². The number of aromatic nitrogens is 3. The number of hydrogen-bond donors (Lipinski definition) is 2. The Morgan fingerprint density at radius 1 is 1.27 bits per heavy atom. The molecular formula is C17H28N6O2S. The molecule has 8 nitrogen and oxygen atoms in total. The van der Waals surface area contributed by atoms with Crippen molar-refractivity contribution in [2.45, 2.75) is 33.7 Å². The summed E-state index contributed by atoms with van der Waals surface area (Å²) in [5.41, 5.74) is 0.624.